The zero-order valence-corrected chi connectivity index (χ0v) is 12.1. The first kappa shape index (κ1) is 13.6. The van der Waals surface area contributed by atoms with Crippen LogP contribution in [0.2, 0.25) is 5.02 Å². The first-order valence-corrected chi connectivity index (χ1v) is 6.86. The Balaban J connectivity index is 2.01. The zero-order valence-electron chi connectivity index (χ0n) is 11.3. The van der Waals surface area contributed by atoms with Crippen LogP contribution in [0, 0.1) is 0 Å². The third kappa shape index (κ3) is 2.73. The van der Waals surface area contributed by atoms with Crippen LogP contribution >= 0.6 is 11.6 Å². The number of cyclic esters (lactones) is 1. The third-order valence-corrected chi connectivity index (χ3v) is 3.50. The van der Waals surface area contributed by atoms with Crippen molar-refractivity contribution in [2.24, 2.45) is 4.99 Å². The fourth-order valence-electron chi connectivity index (χ4n) is 2.08. The molecule has 21 heavy (non-hydrogen) atoms. The van der Waals surface area contributed by atoms with E-state index in [1.807, 2.05) is 49.4 Å². The minimum atomic E-state index is -0.429. The average Bonchev–Trinajstić information content (AvgIpc) is 2.90. The lowest BCUT2D eigenvalue weighted by Crippen LogP contribution is -2.05. The predicted octanol–water partition coefficient (Wildman–Crippen LogP) is 4.07. The van der Waals surface area contributed by atoms with Crippen LogP contribution in [0.4, 0.5) is 0 Å². The largest absolute Gasteiger partial charge is 0.402 e. The Morgan fingerprint density at radius 1 is 1.05 bits per heavy atom. The van der Waals surface area contributed by atoms with E-state index in [1.54, 1.807) is 12.1 Å². The van der Waals surface area contributed by atoms with Crippen molar-refractivity contribution in [2.75, 3.05) is 0 Å². The summed E-state index contributed by atoms with van der Waals surface area (Å²) < 4.78 is 5.25. The molecular weight excluding hydrogens is 286 g/mol. The highest BCUT2D eigenvalue weighted by atomic mass is 35.5. The lowest BCUT2D eigenvalue weighted by Gasteiger charge is -2.02. The van der Waals surface area contributed by atoms with Crippen LogP contribution in [0.5, 0.6) is 0 Å². The van der Waals surface area contributed by atoms with E-state index in [9.17, 15) is 4.79 Å². The molecule has 104 valence electrons. The summed E-state index contributed by atoms with van der Waals surface area (Å²) in [7, 11) is 0. The summed E-state index contributed by atoms with van der Waals surface area (Å²) >= 11 is 5.87. The van der Waals surface area contributed by atoms with Gasteiger partial charge in [-0.15, -0.1) is 0 Å². The molecular formula is C17H12ClNO2. The molecule has 0 amide bonds. The fraction of sp³-hybridized carbons (Fsp3) is 0.0588. The van der Waals surface area contributed by atoms with Crippen LogP contribution < -0.4 is 0 Å². The van der Waals surface area contributed by atoms with E-state index in [0.29, 0.717) is 16.6 Å². The molecule has 0 bridgehead atoms. The van der Waals surface area contributed by atoms with Gasteiger partial charge in [0.2, 0.25) is 5.90 Å². The van der Waals surface area contributed by atoms with Crippen LogP contribution in [0.1, 0.15) is 18.1 Å². The van der Waals surface area contributed by atoms with Gasteiger partial charge in [-0.3, -0.25) is 0 Å². The van der Waals surface area contributed by atoms with E-state index in [2.05, 4.69) is 4.99 Å². The van der Waals surface area contributed by atoms with E-state index < -0.39 is 5.97 Å². The molecule has 3 rings (SSSR count). The van der Waals surface area contributed by atoms with E-state index in [-0.39, 0.29) is 0 Å². The first-order chi connectivity index (χ1) is 10.1. The summed E-state index contributed by atoms with van der Waals surface area (Å²) in [4.78, 5) is 16.3. The molecule has 1 aliphatic heterocycles. The van der Waals surface area contributed by atoms with Gasteiger partial charge in [-0.1, -0.05) is 41.9 Å². The molecule has 0 unspecified atom stereocenters. The highest BCUT2D eigenvalue weighted by molar-refractivity contribution is 6.30. The van der Waals surface area contributed by atoms with Gasteiger partial charge in [0.15, 0.2) is 5.70 Å². The number of aliphatic imine (C=N–C) groups is 1. The molecule has 0 spiro atoms. The molecule has 0 atom stereocenters. The molecule has 0 radical (unpaired) electrons. The molecule has 0 saturated carbocycles. The van der Waals surface area contributed by atoms with Crippen LogP contribution in [0.3, 0.4) is 0 Å². The predicted molar refractivity (Wildman–Crippen MR) is 83.1 cm³/mol. The summed E-state index contributed by atoms with van der Waals surface area (Å²) in [6, 6.07) is 16.6. The second-order valence-electron chi connectivity index (χ2n) is 4.65. The zero-order chi connectivity index (χ0) is 14.8. The van der Waals surface area contributed by atoms with Crippen LogP contribution in [-0.2, 0) is 9.53 Å². The molecule has 0 aliphatic carbocycles. The van der Waals surface area contributed by atoms with E-state index in [0.717, 1.165) is 16.7 Å². The molecule has 2 aromatic carbocycles. The molecule has 0 saturated heterocycles. The first-order valence-electron chi connectivity index (χ1n) is 6.48. The van der Waals surface area contributed by atoms with Gasteiger partial charge in [-0.25, -0.2) is 9.79 Å². The molecule has 0 N–H and O–H groups in total. The Morgan fingerprint density at radius 3 is 2.38 bits per heavy atom. The maximum absolute atomic E-state index is 12.0. The molecule has 0 aromatic heterocycles. The molecule has 1 heterocycles. The Labute approximate surface area is 127 Å². The van der Waals surface area contributed by atoms with Crippen molar-refractivity contribution in [2.45, 2.75) is 6.92 Å². The monoisotopic (exact) mass is 297 g/mol. The van der Waals surface area contributed by atoms with Crippen LogP contribution in [0.25, 0.3) is 5.57 Å². The van der Waals surface area contributed by atoms with Gasteiger partial charge in [-0.2, -0.15) is 0 Å². The summed E-state index contributed by atoms with van der Waals surface area (Å²) in [5.41, 5.74) is 2.77. The van der Waals surface area contributed by atoms with Crippen molar-refractivity contribution in [3.63, 3.8) is 0 Å². The standard InChI is InChI=1S/C17H12ClNO2/c1-11(12-7-9-14(18)10-8-12)15-17(20)21-16(19-15)13-5-3-2-4-6-13/h2-10H,1H3/b15-11+. The lowest BCUT2D eigenvalue weighted by atomic mass is 10.1. The number of ether oxygens (including phenoxy) is 1. The lowest BCUT2D eigenvalue weighted by molar-refractivity contribution is -0.129. The van der Waals surface area contributed by atoms with E-state index in [1.165, 1.54) is 0 Å². The summed E-state index contributed by atoms with van der Waals surface area (Å²) in [6.07, 6.45) is 0. The number of carbonyl (C=O) groups is 1. The van der Waals surface area contributed by atoms with Crippen molar-refractivity contribution in [1.29, 1.82) is 0 Å². The highest BCUT2D eigenvalue weighted by Crippen LogP contribution is 2.26. The van der Waals surface area contributed by atoms with Gasteiger partial charge in [0.25, 0.3) is 0 Å². The number of allylic oxidation sites excluding steroid dienone is 1. The van der Waals surface area contributed by atoms with Crippen molar-refractivity contribution < 1.29 is 9.53 Å². The Kier molecular flexibility index (Phi) is 3.59. The Hall–Kier alpha value is -2.39. The van der Waals surface area contributed by atoms with Crippen LogP contribution in [-0.4, -0.2) is 11.9 Å². The average molecular weight is 298 g/mol. The van der Waals surface area contributed by atoms with E-state index >= 15 is 0 Å². The Morgan fingerprint density at radius 2 is 1.71 bits per heavy atom. The molecule has 2 aromatic rings. The number of esters is 1. The minimum Gasteiger partial charge on any atom is -0.402 e. The summed E-state index contributed by atoms with van der Waals surface area (Å²) in [6.45, 7) is 1.84. The smallest absolute Gasteiger partial charge is 0.364 e. The van der Waals surface area contributed by atoms with Gasteiger partial charge in [0.05, 0.1) is 0 Å². The SMILES string of the molecule is C/C(=C1\N=C(c2ccccc2)OC1=O)c1ccc(Cl)cc1. The number of benzene rings is 2. The number of hydrogen-bond donors (Lipinski definition) is 0. The summed E-state index contributed by atoms with van der Waals surface area (Å²) in [5.74, 6) is -0.0924. The summed E-state index contributed by atoms with van der Waals surface area (Å²) in [5, 5.41) is 0.652. The molecule has 3 nitrogen and oxygen atoms in total. The number of rotatable bonds is 2. The highest BCUT2D eigenvalue weighted by Gasteiger charge is 2.26. The molecule has 0 fully saturated rings. The van der Waals surface area contributed by atoms with Crippen molar-refractivity contribution in [3.8, 4) is 0 Å². The Bertz CT molecular complexity index is 746. The van der Waals surface area contributed by atoms with Crippen molar-refractivity contribution >= 4 is 29.0 Å². The quantitative estimate of drug-likeness (QED) is 0.619. The second-order valence-corrected chi connectivity index (χ2v) is 5.09. The maximum atomic E-state index is 12.0. The second kappa shape index (κ2) is 5.54. The van der Waals surface area contributed by atoms with Gasteiger partial charge < -0.3 is 4.74 Å². The number of halogens is 1. The van der Waals surface area contributed by atoms with Gasteiger partial charge in [0, 0.05) is 10.6 Å². The number of carbonyl (C=O) groups excluding carboxylic acids is 1. The van der Waals surface area contributed by atoms with Gasteiger partial charge in [0.1, 0.15) is 0 Å². The minimum absolute atomic E-state index is 0.330. The molecule has 4 heteroatoms. The maximum Gasteiger partial charge on any atom is 0.364 e. The fourth-order valence-corrected chi connectivity index (χ4v) is 2.21. The van der Waals surface area contributed by atoms with Crippen molar-refractivity contribution in [1.82, 2.24) is 0 Å². The van der Waals surface area contributed by atoms with Crippen LogP contribution in [0.15, 0.2) is 65.3 Å². The number of nitrogens with zero attached hydrogens (tertiary/aromatic N) is 1. The normalized spacial score (nSPS) is 16.5. The molecule has 1 aliphatic rings. The third-order valence-electron chi connectivity index (χ3n) is 3.25. The van der Waals surface area contributed by atoms with Gasteiger partial charge in [-0.05, 0) is 42.3 Å². The van der Waals surface area contributed by atoms with E-state index in [4.69, 9.17) is 16.3 Å². The van der Waals surface area contributed by atoms with Crippen molar-refractivity contribution in [3.05, 3.63) is 76.4 Å². The number of hydrogen-bond acceptors (Lipinski definition) is 3. The topological polar surface area (TPSA) is 38.7 Å². The van der Waals surface area contributed by atoms with Gasteiger partial charge >= 0.3 is 5.97 Å².